The van der Waals surface area contributed by atoms with Gasteiger partial charge in [-0.1, -0.05) is 0 Å². The third-order valence-corrected chi connectivity index (χ3v) is 0. The number of carboxylic acid groups (broad SMARTS) is 1. The van der Waals surface area contributed by atoms with E-state index in [-0.39, 0.29) is 5.48 Å². The van der Waals surface area contributed by atoms with Crippen LogP contribution in [0, 0.1) is 0 Å². The van der Waals surface area contributed by atoms with E-state index in [4.69, 9.17) is 9.90 Å². The lowest BCUT2D eigenvalue weighted by molar-refractivity contribution is -0.134. The van der Waals surface area contributed by atoms with Crippen molar-refractivity contribution in [1.82, 2.24) is 0 Å². The van der Waals surface area contributed by atoms with E-state index in [1.54, 1.807) is 0 Å². The van der Waals surface area contributed by atoms with Gasteiger partial charge >= 0.3 is 0 Å². The van der Waals surface area contributed by atoms with Crippen molar-refractivity contribution in [1.29, 1.82) is 0 Å². The topological polar surface area (TPSA) is 65.8 Å². The van der Waals surface area contributed by atoms with Gasteiger partial charge in [-0.05, 0) is 0 Å². The summed E-state index contributed by atoms with van der Waals surface area (Å²) in [6.07, 6.45) is 0. The first-order chi connectivity index (χ1) is 1.73. The highest BCUT2D eigenvalue weighted by atomic mass is 16.4. The molecule has 0 aliphatic heterocycles. The first-order valence-electron chi connectivity index (χ1n) is 0.928. The summed E-state index contributed by atoms with van der Waals surface area (Å²) in [6, 6.07) is 0. The zero-order valence-electron chi connectivity index (χ0n) is 2.76. The lowest BCUT2D eigenvalue weighted by Gasteiger charge is -1.59. The molecule has 0 saturated heterocycles. The monoisotopic (exact) mass is 76.0 g/mol. The van der Waals surface area contributed by atoms with Crippen molar-refractivity contribution in [2.24, 2.45) is 0 Å². The lowest BCUT2D eigenvalue weighted by Crippen LogP contribution is -1.78. The van der Waals surface area contributed by atoms with Crippen molar-refractivity contribution < 1.29 is 15.4 Å². The van der Waals surface area contributed by atoms with Crippen molar-refractivity contribution in [2.45, 2.75) is 6.92 Å². The Morgan fingerprint density at radius 3 is 1.80 bits per heavy atom. The molecular formula is C2H4O3. The molecule has 0 aliphatic carbocycles. The summed E-state index contributed by atoms with van der Waals surface area (Å²) in [5, 5.41) is 7.42. The first-order valence-corrected chi connectivity index (χ1v) is 0.928. The van der Waals surface area contributed by atoms with E-state index in [1.807, 2.05) is 0 Å². The molecule has 0 aromatic rings. The Balaban J connectivity index is 0. The van der Waals surface area contributed by atoms with Gasteiger partial charge in [0.15, 0.2) is 0 Å². The summed E-state index contributed by atoms with van der Waals surface area (Å²) in [5.74, 6) is -0.833. The van der Waals surface area contributed by atoms with Crippen LogP contribution < -0.4 is 0 Å². The smallest absolute Gasteiger partial charge is 0.300 e. The van der Waals surface area contributed by atoms with Gasteiger partial charge in [0.2, 0.25) is 0 Å². The summed E-state index contributed by atoms with van der Waals surface area (Å²) in [4.78, 5) is 9.00. The molecule has 0 unspecified atom stereocenters. The molecule has 0 aliphatic rings. The average Bonchev–Trinajstić information content (AvgIpc) is 0.811. The fraction of sp³-hybridized carbons (Fsp3) is 0.500. The minimum absolute atomic E-state index is 0. The molecule has 0 saturated carbocycles. The van der Waals surface area contributed by atoms with Crippen LogP contribution in [0.25, 0.3) is 0 Å². The van der Waals surface area contributed by atoms with Crippen LogP contribution in [0.1, 0.15) is 6.92 Å². The van der Waals surface area contributed by atoms with E-state index >= 15 is 0 Å². The fourth-order valence-electron chi connectivity index (χ4n) is 0. The standard InChI is InChI=1S/C2H4O2.O/c1-2(3)4;/h1H3,(H,3,4);. The van der Waals surface area contributed by atoms with Crippen molar-refractivity contribution in [2.75, 3.05) is 0 Å². The molecule has 0 heterocycles. The maximum absolute atomic E-state index is 9.00. The van der Waals surface area contributed by atoms with Gasteiger partial charge in [0.25, 0.3) is 5.97 Å². The van der Waals surface area contributed by atoms with Crippen LogP contribution >= 0.6 is 0 Å². The second kappa shape index (κ2) is 3.43. The fourth-order valence-corrected chi connectivity index (χ4v) is 0. The number of carboxylic acids is 1. The summed E-state index contributed by atoms with van der Waals surface area (Å²) < 4.78 is 0. The Labute approximate surface area is 29.5 Å². The molecular weight excluding hydrogens is 72.0 g/mol. The zero-order chi connectivity index (χ0) is 3.58. The Bertz CT molecular complexity index is 27.9. The average molecular weight is 76.1 g/mol. The molecule has 0 fully saturated rings. The van der Waals surface area contributed by atoms with E-state index in [0.29, 0.717) is 0 Å². The molecule has 0 amide bonds. The Morgan fingerprint density at radius 2 is 1.80 bits per heavy atom. The molecule has 0 aromatic carbocycles. The molecule has 0 rings (SSSR count). The third kappa shape index (κ3) is 21.6. The maximum atomic E-state index is 9.00. The van der Waals surface area contributed by atoms with Crippen molar-refractivity contribution in [3.8, 4) is 0 Å². The normalized spacial score (nSPS) is 5.00. The number of aliphatic carboxylic acids is 1. The van der Waals surface area contributed by atoms with Crippen molar-refractivity contribution in [3.63, 3.8) is 0 Å². The Hall–Kier alpha value is -0.570. The summed E-state index contributed by atoms with van der Waals surface area (Å²) in [7, 11) is 0. The molecule has 0 aromatic heterocycles. The van der Waals surface area contributed by atoms with E-state index in [1.165, 1.54) is 0 Å². The number of rotatable bonds is 0. The largest absolute Gasteiger partial charge is 0.481 e. The molecule has 2 radical (unpaired) electrons. The molecule has 1 N–H and O–H groups in total. The summed E-state index contributed by atoms with van der Waals surface area (Å²) in [6.45, 7) is 1.08. The van der Waals surface area contributed by atoms with Crippen molar-refractivity contribution in [3.05, 3.63) is 0 Å². The molecule has 5 heavy (non-hydrogen) atoms. The molecule has 0 atom stereocenters. The van der Waals surface area contributed by atoms with Crippen LogP contribution in [0.4, 0.5) is 0 Å². The quantitative estimate of drug-likeness (QED) is 0.440. The lowest BCUT2D eigenvalue weighted by atomic mass is 10.9. The second-order valence-electron chi connectivity index (χ2n) is 0.519. The van der Waals surface area contributed by atoms with E-state index in [9.17, 15) is 0 Å². The number of carbonyl (C=O) groups is 1. The third-order valence-electron chi connectivity index (χ3n) is 0. The van der Waals surface area contributed by atoms with Crippen LogP contribution in [0.15, 0.2) is 0 Å². The van der Waals surface area contributed by atoms with Crippen LogP contribution in [0.3, 0.4) is 0 Å². The van der Waals surface area contributed by atoms with Gasteiger partial charge < -0.3 is 5.11 Å². The molecule has 3 nitrogen and oxygen atoms in total. The van der Waals surface area contributed by atoms with Gasteiger partial charge in [-0.25, -0.2) is 0 Å². The van der Waals surface area contributed by atoms with Gasteiger partial charge in [-0.3, -0.25) is 4.79 Å². The van der Waals surface area contributed by atoms with Gasteiger partial charge in [-0.2, -0.15) is 0 Å². The van der Waals surface area contributed by atoms with Crippen LogP contribution in [-0.2, 0) is 10.3 Å². The Kier molecular flexibility index (Phi) is 6.05. The highest BCUT2D eigenvalue weighted by Crippen LogP contribution is 1.42. The predicted octanol–water partition coefficient (Wildman–Crippen LogP) is -0.0279. The van der Waals surface area contributed by atoms with Gasteiger partial charge in [0.05, 0.1) is 0 Å². The minimum atomic E-state index is -0.833. The predicted molar refractivity (Wildman–Crippen MR) is 14.0 cm³/mol. The highest BCUT2D eigenvalue weighted by Gasteiger charge is 1.65. The van der Waals surface area contributed by atoms with Crippen molar-refractivity contribution >= 4 is 5.97 Å². The second-order valence-corrected chi connectivity index (χ2v) is 0.519. The van der Waals surface area contributed by atoms with Gasteiger partial charge in [0.1, 0.15) is 0 Å². The molecule has 30 valence electrons. The van der Waals surface area contributed by atoms with Gasteiger partial charge in [-0.15, -0.1) is 0 Å². The van der Waals surface area contributed by atoms with E-state index in [2.05, 4.69) is 0 Å². The van der Waals surface area contributed by atoms with Crippen LogP contribution in [0.5, 0.6) is 0 Å². The molecule has 0 bridgehead atoms. The molecule has 0 spiro atoms. The summed E-state index contributed by atoms with van der Waals surface area (Å²) >= 11 is 0. The van der Waals surface area contributed by atoms with E-state index < -0.39 is 5.97 Å². The minimum Gasteiger partial charge on any atom is -0.481 e. The zero-order valence-corrected chi connectivity index (χ0v) is 2.76. The maximum Gasteiger partial charge on any atom is 0.300 e. The van der Waals surface area contributed by atoms with E-state index in [0.717, 1.165) is 6.92 Å². The number of hydrogen-bond donors (Lipinski definition) is 1. The number of hydrogen-bond acceptors (Lipinski definition) is 1. The summed E-state index contributed by atoms with van der Waals surface area (Å²) in [5.41, 5.74) is 0. The van der Waals surface area contributed by atoms with Crippen LogP contribution in [0.2, 0.25) is 0 Å². The SMILES string of the molecule is CC(=O)O.[O]. The van der Waals surface area contributed by atoms with Crippen LogP contribution in [-0.4, -0.2) is 11.1 Å². The first kappa shape index (κ1) is 8.83. The highest BCUT2D eigenvalue weighted by molar-refractivity contribution is 5.62. The van der Waals surface area contributed by atoms with Gasteiger partial charge in [0, 0.05) is 12.4 Å². The Morgan fingerprint density at radius 1 is 1.80 bits per heavy atom. The molecule has 3 heteroatoms.